The molecular weight excluding hydrogens is 723 g/mol. The largest absolute Gasteiger partial charge is 0.455 e. The second kappa shape index (κ2) is 14.4. The van der Waals surface area contributed by atoms with Gasteiger partial charge in [0.15, 0.2) is 17.5 Å². The van der Waals surface area contributed by atoms with Crippen molar-refractivity contribution >= 4 is 32.8 Å². The topological polar surface area (TPSA) is 77.6 Å². The third kappa shape index (κ3) is 6.39. The van der Waals surface area contributed by atoms with Crippen LogP contribution in [-0.4, -0.2) is 24.9 Å². The quantitative estimate of drug-likeness (QED) is 0.161. The van der Waals surface area contributed by atoms with Crippen LogP contribution in [0, 0.1) is 0 Å². The molecule has 0 amide bonds. The van der Waals surface area contributed by atoms with E-state index in [-0.39, 0.29) is 0 Å². The van der Waals surface area contributed by atoms with Crippen molar-refractivity contribution in [3.8, 4) is 78.7 Å². The maximum atomic E-state index is 6.50. The van der Waals surface area contributed by atoms with Gasteiger partial charge >= 0.3 is 0 Å². The normalized spacial score (nSPS) is 11.4. The fourth-order valence-electron chi connectivity index (χ4n) is 7.91. The molecule has 11 aromatic rings. The maximum absolute atomic E-state index is 6.50. The number of fused-ring (bicyclic) bond motifs is 5. The maximum Gasteiger partial charge on any atom is 0.164 e. The Labute approximate surface area is 340 Å². The van der Waals surface area contributed by atoms with Gasteiger partial charge in [0.2, 0.25) is 0 Å². The zero-order valence-corrected chi connectivity index (χ0v) is 31.7. The number of aromatic nitrogens is 5. The number of hydrogen-bond acceptors (Lipinski definition) is 6. The summed E-state index contributed by atoms with van der Waals surface area (Å²) < 4.78 is 6.50. The molecule has 3 heterocycles. The summed E-state index contributed by atoms with van der Waals surface area (Å²) in [5.41, 5.74) is 14.1. The summed E-state index contributed by atoms with van der Waals surface area (Å²) in [6.45, 7) is 0. The lowest BCUT2D eigenvalue weighted by Crippen LogP contribution is -2.00. The first-order chi connectivity index (χ1) is 29.2. The van der Waals surface area contributed by atoms with Crippen molar-refractivity contribution in [2.45, 2.75) is 0 Å². The Morgan fingerprint density at radius 3 is 1.53 bits per heavy atom. The molecular formula is C53H33N5O. The van der Waals surface area contributed by atoms with Gasteiger partial charge in [0.05, 0.1) is 10.9 Å². The van der Waals surface area contributed by atoms with Crippen LogP contribution in [0.5, 0.6) is 0 Å². The van der Waals surface area contributed by atoms with Crippen LogP contribution >= 0.6 is 0 Å². The molecule has 11 rings (SSSR count). The highest BCUT2D eigenvalue weighted by atomic mass is 16.3. The van der Waals surface area contributed by atoms with Crippen LogP contribution < -0.4 is 0 Å². The molecule has 0 spiro atoms. The minimum atomic E-state index is 0.620. The van der Waals surface area contributed by atoms with Gasteiger partial charge in [0.25, 0.3) is 0 Å². The molecule has 0 radical (unpaired) electrons. The van der Waals surface area contributed by atoms with Gasteiger partial charge < -0.3 is 4.42 Å². The number of nitrogens with zero attached hydrogens (tertiary/aromatic N) is 5. The van der Waals surface area contributed by atoms with Gasteiger partial charge in [-0.2, -0.15) is 0 Å². The van der Waals surface area contributed by atoms with Gasteiger partial charge in [0.1, 0.15) is 17.5 Å². The summed E-state index contributed by atoms with van der Waals surface area (Å²) in [5.74, 6) is 1.88. The Bertz CT molecular complexity index is 3310. The van der Waals surface area contributed by atoms with Crippen LogP contribution in [0.4, 0.5) is 0 Å². The Kier molecular flexibility index (Phi) is 8.37. The molecule has 0 atom stereocenters. The fourth-order valence-corrected chi connectivity index (χ4v) is 7.91. The lowest BCUT2D eigenvalue weighted by atomic mass is 9.95. The van der Waals surface area contributed by atoms with Gasteiger partial charge in [-0.25, -0.2) is 24.9 Å². The number of hydrogen-bond donors (Lipinski definition) is 0. The van der Waals surface area contributed by atoms with Gasteiger partial charge in [-0.3, -0.25) is 0 Å². The van der Waals surface area contributed by atoms with Crippen LogP contribution in [0.15, 0.2) is 205 Å². The first-order valence-electron chi connectivity index (χ1n) is 19.5. The van der Waals surface area contributed by atoms with Crippen LogP contribution in [-0.2, 0) is 0 Å². The highest BCUT2D eigenvalue weighted by Crippen LogP contribution is 2.41. The van der Waals surface area contributed by atoms with E-state index in [0.717, 1.165) is 88.5 Å². The average molecular weight is 756 g/mol. The Morgan fingerprint density at radius 2 is 0.847 bits per heavy atom. The van der Waals surface area contributed by atoms with E-state index in [0.29, 0.717) is 17.5 Å². The molecule has 276 valence electrons. The molecule has 59 heavy (non-hydrogen) atoms. The highest BCUT2D eigenvalue weighted by molar-refractivity contribution is 6.21. The minimum Gasteiger partial charge on any atom is -0.455 e. The van der Waals surface area contributed by atoms with E-state index in [2.05, 4.69) is 143 Å². The molecule has 0 saturated heterocycles. The SMILES string of the molecule is c1ccc(-c2ccc(-c3nc(-c4ccccc4)nc(-c4cccc(-c5ccc(-c6cccc(-c7cc8cncnc8c8c7oc7ccccc78)c6)cc5)c4)n3)cc2)cc1. The molecule has 0 N–H and O–H groups in total. The number of para-hydroxylation sites is 1. The van der Waals surface area contributed by atoms with Crippen LogP contribution in [0.1, 0.15) is 0 Å². The zero-order valence-electron chi connectivity index (χ0n) is 31.7. The van der Waals surface area contributed by atoms with E-state index >= 15 is 0 Å². The predicted molar refractivity (Wildman–Crippen MR) is 238 cm³/mol. The van der Waals surface area contributed by atoms with Crippen LogP contribution in [0.3, 0.4) is 0 Å². The smallest absolute Gasteiger partial charge is 0.164 e. The standard InChI is InChI=1S/C53H33N5O/c1-3-11-34(12-4-1)35-25-27-39(28-26-35)52-56-51(38-13-5-2-6-14-38)57-53(58-52)43-18-10-16-41(30-43)37-23-21-36(22-24-37)40-15-9-17-42(29-40)46-31-44-32-54-33-55-49(44)48-45-19-7-8-20-47(45)59-50(46)48/h1-33H. The molecule has 0 bridgehead atoms. The monoisotopic (exact) mass is 755 g/mol. The van der Waals surface area contributed by atoms with E-state index in [1.165, 1.54) is 5.56 Å². The van der Waals surface area contributed by atoms with Crippen molar-refractivity contribution in [1.82, 2.24) is 24.9 Å². The van der Waals surface area contributed by atoms with E-state index in [4.69, 9.17) is 19.4 Å². The molecule has 0 unspecified atom stereocenters. The van der Waals surface area contributed by atoms with Crippen molar-refractivity contribution in [3.05, 3.63) is 201 Å². The van der Waals surface area contributed by atoms with Crippen LogP contribution in [0.2, 0.25) is 0 Å². The number of rotatable bonds is 7. The molecule has 0 saturated carbocycles. The fraction of sp³-hybridized carbons (Fsp3) is 0. The summed E-state index contributed by atoms with van der Waals surface area (Å²) >= 11 is 0. The van der Waals surface area contributed by atoms with Crippen molar-refractivity contribution in [3.63, 3.8) is 0 Å². The van der Waals surface area contributed by atoms with Crippen molar-refractivity contribution in [2.75, 3.05) is 0 Å². The summed E-state index contributed by atoms with van der Waals surface area (Å²) in [6.07, 6.45) is 3.47. The molecule has 0 fully saturated rings. The molecule has 6 nitrogen and oxygen atoms in total. The van der Waals surface area contributed by atoms with E-state index in [1.54, 1.807) is 6.33 Å². The predicted octanol–water partition coefficient (Wildman–Crippen LogP) is 13.4. The van der Waals surface area contributed by atoms with Crippen molar-refractivity contribution in [2.24, 2.45) is 0 Å². The molecule has 0 aliphatic rings. The van der Waals surface area contributed by atoms with Crippen molar-refractivity contribution in [1.29, 1.82) is 0 Å². The van der Waals surface area contributed by atoms with Gasteiger partial charge in [-0.15, -0.1) is 0 Å². The van der Waals surface area contributed by atoms with Gasteiger partial charge in [-0.1, -0.05) is 164 Å². The molecule has 8 aromatic carbocycles. The number of furan rings is 1. The third-order valence-corrected chi connectivity index (χ3v) is 10.9. The molecule has 3 aromatic heterocycles. The zero-order chi connectivity index (χ0) is 39.1. The molecule has 0 aliphatic carbocycles. The Balaban J connectivity index is 0.929. The first-order valence-corrected chi connectivity index (χ1v) is 19.5. The summed E-state index contributed by atoms with van der Waals surface area (Å²) in [4.78, 5) is 24.0. The lowest BCUT2D eigenvalue weighted by molar-refractivity contribution is 0.670. The first kappa shape index (κ1) is 34.2. The third-order valence-electron chi connectivity index (χ3n) is 10.9. The second-order valence-corrected chi connectivity index (χ2v) is 14.5. The second-order valence-electron chi connectivity index (χ2n) is 14.5. The Hall–Kier alpha value is -8.09. The molecule has 6 heteroatoms. The average Bonchev–Trinajstić information content (AvgIpc) is 3.72. The summed E-state index contributed by atoms with van der Waals surface area (Å²) in [5, 5.41) is 3.03. The van der Waals surface area contributed by atoms with Crippen LogP contribution in [0.25, 0.3) is 112 Å². The minimum absolute atomic E-state index is 0.620. The van der Waals surface area contributed by atoms with E-state index in [9.17, 15) is 0 Å². The van der Waals surface area contributed by atoms with E-state index in [1.807, 2.05) is 60.8 Å². The van der Waals surface area contributed by atoms with Gasteiger partial charge in [-0.05, 0) is 63.2 Å². The van der Waals surface area contributed by atoms with Crippen molar-refractivity contribution < 1.29 is 4.42 Å². The highest BCUT2D eigenvalue weighted by Gasteiger charge is 2.18. The summed E-state index contributed by atoms with van der Waals surface area (Å²) in [6, 6.07) is 64.9. The van der Waals surface area contributed by atoms with Gasteiger partial charge in [0, 0.05) is 39.2 Å². The Morgan fingerprint density at radius 1 is 0.373 bits per heavy atom. The number of benzene rings is 8. The molecule has 0 aliphatic heterocycles. The lowest BCUT2D eigenvalue weighted by Gasteiger charge is -2.11. The van der Waals surface area contributed by atoms with E-state index < -0.39 is 0 Å². The summed E-state index contributed by atoms with van der Waals surface area (Å²) in [7, 11) is 0.